The van der Waals surface area contributed by atoms with Crippen molar-refractivity contribution in [3.63, 3.8) is 0 Å². The molecule has 6 heteroatoms. The number of hydrogen-bond acceptors (Lipinski definition) is 4. The van der Waals surface area contributed by atoms with Crippen LogP contribution in [0.15, 0.2) is 24.3 Å². The van der Waals surface area contributed by atoms with Crippen molar-refractivity contribution in [1.82, 2.24) is 15.6 Å². The van der Waals surface area contributed by atoms with Crippen LogP contribution in [0.2, 0.25) is 5.02 Å². The maximum absolute atomic E-state index is 12.6. The van der Waals surface area contributed by atoms with E-state index in [2.05, 4.69) is 22.5 Å². The minimum absolute atomic E-state index is 0.0271. The molecule has 2 atom stereocenters. The molecule has 2 heterocycles. The third kappa shape index (κ3) is 3.74. The van der Waals surface area contributed by atoms with Crippen molar-refractivity contribution in [3.05, 3.63) is 39.9 Å². The summed E-state index contributed by atoms with van der Waals surface area (Å²) < 4.78 is 0. The lowest BCUT2D eigenvalue weighted by molar-refractivity contribution is 0.0923. The SMILES string of the molecule is Cc1nc(-c2ccc(Cl)cc2)sc1C(=O)NC1CCCNC1C. The standard InChI is InChI=1S/C17H20ClN3OS/c1-10-14(4-3-9-19-10)21-16(22)15-11(2)20-17(23-15)12-5-7-13(18)8-6-12/h5-8,10,14,19H,3-4,9H2,1-2H3,(H,21,22). The van der Waals surface area contributed by atoms with Gasteiger partial charge in [-0.25, -0.2) is 4.98 Å². The van der Waals surface area contributed by atoms with Crippen molar-refractivity contribution in [1.29, 1.82) is 0 Å². The second-order valence-electron chi connectivity index (χ2n) is 5.91. The second kappa shape index (κ2) is 6.99. The van der Waals surface area contributed by atoms with Crippen LogP contribution in [0.5, 0.6) is 0 Å². The molecular weight excluding hydrogens is 330 g/mol. The van der Waals surface area contributed by atoms with E-state index in [1.165, 1.54) is 11.3 Å². The van der Waals surface area contributed by atoms with Crippen LogP contribution in [0.1, 0.15) is 35.1 Å². The lowest BCUT2D eigenvalue weighted by Gasteiger charge is -2.30. The number of nitrogens with one attached hydrogen (secondary N) is 2. The lowest BCUT2D eigenvalue weighted by atomic mass is 10.00. The first kappa shape index (κ1) is 16.4. The van der Waals surface area contributed by atoms with Crippen molar-refractivity contribution < 1.29 is 4.79 Å². The summed E-state index contributed by atoms with van der Waals surface area (Å²) in [6.07, 6.45) is 2.11. The van der Waals surface area contributed by atoms with Crippen LogP contribution in [0.3, 0.4) is 0 Å². The van der Waals surface area contributed by atoms with Gasteiger partial charge in [-0.2, -0.15) is 0 Å². The van der Waals surface area contributed by atoms with Crippen LogP contribution < -0.4 is 10.6 Å². The van der Waals surface area contributed by atoms with E-state index in [1.54, 1.807) is 0 Å². The van der Waals surface area contributed by atoms with Gasteiger partial charge in [-0.05, 0) is 45.4 Å². The summed E-state index contributed by atoms with van der Waals surface area (Å²) in [5, 5.41) is 8.09. The van der Waals surface area contributed by atoms with Crippen molar-refractivity contribution in [2.24, 2.45) is 0 Å². The highest BCUT2D eigenvalue weighted by Gasteiger charge is 2.25. The van der Waals surface area contributed by atoms with Crippen molar-refractivity contribution in [3.8, 4) is 10.6 Å². The number of amides is 1. The Labute approximate surface area is 145 Å². The van der Waals surface area contributed by atoms with Gasteiger partial charge in [0, 0.05) is 22.7 Å². The van der Waals surface area contributed by atoms with Crippen molar-refractivity contribution in [2.45, 2.75) is 38.8 Å². The fourth-order valence-corrected chi connectivity index (χ4v) is 3.90. The fraction of sp³-hybridized carbons (Fsp3) is 0.412. The summed E-state index contributed by atoms with van der Waals surface area (Å²) in [6.45, 7) is 5.02. The van der Waals surface area contributed by atoms with E-state index in [0.717, 1.165) is 35.7 Å². The first-order valence-corrected chi connectivity index (χ1v) is 9.01. The van der Waals surface area contributed by atoms with Gasteiger partial charge in [0.2, 0.25) is 0 Å². The number of aromatic nitrogens is 1. The lowest BCUT2D eigenvalue weighted by Crippen LogP contribution is -2.51. The molecule has 2 unspecified atom stereocenters. The van der Waals surface area contributed by atoms with Crippen LogP contribution in [0, 0.1) is 6.92 Å². The third-order valence-electron chi connectivity index (χ3n) is 4.17. The number of aryl methyl sites for hydroxylation is 1. The van der Waals surface area contributed by atoms with E-state index in [4.69, 9.17) is 11.6 Å². The van der Waals surface area contributed by atoms with E-state index >= 15 is 0 Å². The molecule has 0 spiro atoms. The quantitative estimate of drug-likeness (QED) is 0.889. The van der Waals surface area contributed by atoms with Gasteiger partial charge in [0.1, 0.15) is 9.88 Å². The molecule has 3 rings (SSSR count). The zero-order valence-corrected chi connectivity index (χ0v) is 14.8. The molecule has 23 heavy (non-hydrogen) atoms. The minimum Gasteiger partial charge on any atom is -0.347 e. The Kier molecular flexibility index (Phi) is 4.99. The second-order valence-corrected chi connectivity index (χ2v) is 7.34. The van der Waals surface area contributed by atoms with Gasteiger partial charge in [-0.3, -0.25) is 4.79 Å². The van der Waals surface area contributed by atoms with Crippen molar-refractivity contribution in [2.75, 3.05) is 6.54 Å². The average Bonchev–Trinajstić information content (AvgIpc) is 2.92. The maximum Gasteiger partial charge on any atom is 0.263 e. The summed E-state index contributed by atoms with van der Waals surface area (Å²) >= 11 is 7.35. The van der Waals surface area contributed by atoms with Gasteiger partial charge < -0.3 is 10.6 Å². The number of piperidine rings is 1. The maximum atomic E-state index is 12.6. The van der Waals surface area contributed by atoms with E-state index < -0.39 is 0 Å². The third-order valence-corrected chi connectivity index (χ3v) is 5.63. The molecule has 2 N–H and O–H groups in total. The number of rotatable bonds is 3. The fourth-order valence-electron chi connectivity index (χ4n) is 2.80. The number of nitrogens with zero attached hydrogens (tertiary/aromatic N) is 1. The van der Waals surface area contributed by atoms with Crippen molar-refractivity contribution >= 4 is 28.8 Å². The molecule has 0 bridgehead atoms. The average molecular weight is 350 g/mol. The molecule has 1 aliphatic rings. The predicted molar refractivity (Wildman–Crippen MR) is 95.2 cm³/mol. The number of carbonyl (C=O) groups excluding carboxylic acids is 1. The predicted octanol–water partition coefficient (Wildman–Crippen LogP) is 3.64. The van der Waals surface area contributed by atoms with Gasteiger partial charge >= 0.3 is 0 Å². The van der Waals surface area contributed by atoms with E-state index in [1.807, 2.05) is 31.2 Å². The molecule has 1 aromatic carbocycles. The van der Waals surface area contributed by atoms with Crippen LogP contribution in [-0.4, -0.2) is 29.5 Å². The molecule has 0 aliphatic carbocycles. The summed E-state index contributed by atoms with van der Waals surface area (Å²) in [6, 6.07) is 8.00. The smallest absolute Gasteiger partial charge is 0.263 e. The van der Waals surface area contributed by atoms with Gasteiger partial charge in [-0.1, -0.05) is 23.7 Å². The van der Waals surface area contributed by atoms with Crippen LogP contribution in [0.4, 0.5) is 0 Å². The number of carbonyl (C=O) groups is 1. The van der Waals surface area contributed by atoms with Crippen LogP contribution in [-0.2, 0) is 0 Å². The van der Waals surface area contributed by atoms with Gasteiger partial charge in [0.15, 0.2) is 0 Å². The minimum atomic E-state index is -0.0271. The number of thiazole rings is 1. The largest absolute Gasteiger partial charge is 0.347 e. The monoisotopic (exact) mass is 349 g/mol. The molecule has 122 valence electrons. The first-order chi connectivity index (χ1) is 11.0. The Balaban J connectivity index is 1.77. The Morgan fingerprint density at radius 3 is 2.83 bits per heavy atom. The number of benzene rings is 1. The zero-order chi connectivity index (χ0) is 16.4. The highest BCUT2D eigenvalue weighted by atomic mass is 35.5. The Morgan fingerprint density at radius 1 is 1.39 bits per heavy atom. The Bertz CT molecular complexity index is 698. The normalized spacial score (nSPS) is 21.2. The van der Waals surface area contributed by atoms with Crippen LogP contribution in [0.25, 0.3) is 10.6 Å². The molecule has 0 saturated carbocycles. The number of hydrogen-bond donors (Lipinski definition) is 2. The highest BCUT2D eigenvalue weighted by Crippen LogP contribution is 2.29. The molecule has 1 aromatic heterocycles. The zero-order valence-electron chi connectivity index (χ0n) is 13.2. The molecular formula is C17H20ClN3OS. The summed E-state index contributed by atoms with van der Waals surface area (Å²) in [5.74, 6) is -0.0271. The summed E-state index contributed by atoms with van der Waals surface area (Å²) in [4.78, 5) is 17.8. The van der Waals surface area contributed by atoms with Gasteiger partial charge in [0.25, 0.3) is 5.91 Å². The van der Waals surface area contributed by atoms with Gasteiger partial charge in [-0.15, -0.1) is 11.3 Å². The van der Waals surface area contributed by atoms with E-state index in [0.29, 0.717) is 15.9 Å². The molecule has 1 aliphatic heterocycles. The van der Waals surface area contributed by atoms with E-state index in [-0.39, 0.29) is 11.9 Å². The summed E-state index contributed by atoms with van der Waals surface area (Å²) in [7, 11) is 0. The molecule has 1 amide bonds. The molecule has 4 nitrogen and oxygen atoms in total. The molecule has 2 aromatic rings. The first-order valence-electron chi connectivity index (χ1n) is 7.82. The Hall–Kier alpha value is -1.43. The highest BCUT2D eigenvalue weighted by molar-refractivity contribution is 7.17. The van der Waals surface area contributed by atoms with Crippen LogP contribution >= 0.6 is 22.9 Å². The van der Waals surface area contributed by atoms with E-state index in [9.17, 15) is 4.79 Å². The molecule has 0 radical (unpaired) electrons. The molecule has 1 fully saturated rings. The van der Waals surface area contributed by atoms with Gasteiger partial charge in [0.05, 0.1) is 5.69 Å². The summed E-state index contributed by atoms with van der Waals surface area (Å²) in [5.41, 5.74) is 1.75. The number of halogens is 1. The molecule has 1 saturated heterocycles. The topological polar surface area (TPSA) is 54.0 Å². The Morgan fingerprint density at radius 2 is 2.13 bits per heavy atom.